The minimum absolute atomic E-state index is 0.105. The second kappa shape index (κ2) is 7.72. The Labute approximate surface area is 121 Å². The van der Waals surface area contributed by atoms with Crippen molar-refractivity contribution in [3.63, 3.8) is 0 Å². The largest absolute Gasteiger partial charge is 0.444 e. The summed E-state index contributed by atoms with van der Waals surface area (Å²) in [6.07, 6.45) is 1.24. The van der Waals surface area contributed by atoms with Gasteiger partial charge in [0.2, 0.25) is 5.91 Å². The normalized spacial score (nSPS) is 13.4. The van der Waals surface area contributed by atoms with Gasteiger partial charge in [0, 0.05) is 17.8 Å². The number of hydrogen-bond donors (Lipinski definition) is 2. The van der Waals surface area contributed by atoms with E-state index in [1.54, 1.807) is 40.7 Å². The first-order valence-electron chi connectivity index (χ1n) is 6.70. The first kappa shape index (κ1) is 18.2. The van der Waals surface area contributed by atoms with Crippen molar-refractivity contribution in [2.45, 2.75) is 54.1 Å². The van der Waals surface area contributed by atoms with Crippen molar-refractivity contribution in [3.8, 4) is 0 Å². The van der Waals surface area contributed by atoms with Gasteiger partial charge in [-0.3, -0.25) is 10.1 Å². The molecule has 2 N–H and O–H groups in total. The number of amides is 2. The Hall–Kier alpha value is -1.78. The molecule has 0 atom stereocenters. The maximum absolute atomic E-state index is 11.7. The Morgan fingerprint density at radius 3 is 2.15 bits per heavy atom. The van der Waals surface area contributed by atoms with Crippen molar-refractivity contribution in [2.24, 2.45) is 0 Å². The molecule has 0 aromatic carbocycles. The zero-order valence-electron chi connectivity index (χ0n) is 13.5. The van der Waals surface area contributed by atoms with Crippen LogP contribution in [0.25, 0.3) is 0 Å². The molecule has 0 saturated heterocycles. The Kier molecular flexibility index (Phi) is 7.04. The fourth-order valence-electron chi connectivity index (χ4n) is 1.41. The standard InChI is InChI=1S/C15H26N2O3/c1-8-16-13(18)12(4)10(2)9-11(3)17-14(19)20-15(5,6)7/h9H,8H2,1-7H3,(H,16,18)(H,17,19)/b11-9+,12-10+. The van der Waals surface area contributed by atoms with Gasteiger partial charge in [-0.1, -0.05) is 0 Å². The summed E-state index contributed by atoms with van der Waals surface area (Å²) in [6, 6.07) is 0. The number of hydrogen-bond acceptors (Lipinski definition) is 3. The monoisotopic (exact) mass is 282 g/mol. The third-order valence-corrected chi connectivity index (χ3v) is 2.40. The van der Waals surface area contributed by atoms with Gasteiger partial charge in [0.1, 0.15) is 5.60 Å². The fourth-order valence-corrected chi connectivity index (χ4v) is 1.41. The molecule has 0 radical (unpaired) electrons. The van der Waals surface area contributed by atoms with Gasteiger partial charge >= 0.3 is 6.09 Å². The lowest BCUT2D eigenvalue weighted by Crippen LogP contribution is -2.31. The maximum atomic E-state index is 11.7. The van der Waals surface area contributed by atoms with Crippen molar-refractivity contribution < 1.29 is 14.3 Å². The number of carbonyl (C=O) groups excluding carboxylic acids is 2. The molecule has 0 fully saturated rings. The van der Waals surface area contributed by atoms with Crippen LogP contribution < -0.4 is 10.6 Å². The van der Waals surface area contributed by atoms with E-state index in [2.05, 4.69) is 10.6 Å². The van der Waals surface area contributed by atoms with Gasteiger partial charge in [0.25, 0.3) is 0 Å². The number of likely N-dealkylation sites (N-methyl/N-ethyl adjacent to an activating group) is 1. The molecule has 0 aliphatic carbocycles. The van der Waals surface area contributed by atoms with Crippen molar-refractivity contribution in [2.75, 3.05) is 6.54 Å². The summed E-state index contributed by atoms with van der Waals surface area (Å²) in [7, 11) is 0. The first-order valence-corrected chi connectivity index (χ1v) is 6.70. The minimum Gasteiger partial charge on any atom is -0.444 e. The summed E-state index contributed by atoms with van der Waals surface area (Å²) >= 11 is 0. The van der Waals surface area contributed by atoms with E-state index >= 15 is 0 Å². The predicted molar refractivity (Wildman–Crippen MR) is 80.2 cm³/mol. The van der Waals surface area contributed by atoms with Crippen LogP contribution in [0.3, 0.4) is 0 Å². The molecule has 0 heterocycles. The summed E-state index contributed by atoms with van der Waals surface area (Å²) in [6.45, 7) is 13.2. The minimum atomic E-state index is -0.536. The van der Waals surface area contributed by atoms with Crippen LogP contribution in [0, 0.1) is 0 Å². The van der Waals surface area contributed by atoms with E-state index in [-0.39, 0.29) is 5.91 Å². The number of ether oxygens (including phenoxy) is 1. The summed E-state index contributed by atoms with van der Waals surface area (Å²) < 4.78 is 5.15. The Morgan fingerprint density at radius 1 is 1.15 bits per heavy atom. The van der Waals surface area contributed by atoms with E-state index in [4.69, 9.17) is 4.74 Å². The van der Waals surface area contributed by atoms with Crippen molar-refractivity contribution >= 4 is 12.0 Å². The fraction of sp³-hybridized carbons (Fsp3) is 0.600. The SMILES string of the molecule is CCNC(=O)/C(C)=C(C)/C=C(\C)NC(=O)OC(C)(C)C. The van der Waals surface area contributed by atoms with Gasteiger partial charge in [0.05, 0.1) is 0 Å². The number of rotatable bonds is 4. The maximum Gasteiger partial charge on any atom is 0.411 e. The molecular formula is C15H26N2O3. The lowest BCUT2D eigenvalue weighted by Gasteiger charge is -2.19. The van der Waals surface area contributed by atoms with Gasteiger partial charge in [-0.15, -0.1) is 0 Å². The van der Waals surface area contributed by atoms with E-state index in [1.165, 1.54) is 0 Å². The molecule has 0 aromatic heterocycles. The van der Waals surface area contributed by atoms with Gasteiger partial charge in [0.15, 0.2) is 0 Å². The summed E-state index contributed by atoms with van der Waals surface area (Å²) in [5, 5.41) is 5.36. The molecule has 2 amide bonds. The molecule has 0 rings (SSSR count). The molecule has 20 heavy (non-hydrogen) atoms. The number of allylic oxidation sites excluding steroid dienone is 3. The smallest absolute Gasteiger partial charge is 0.411 e. The van der Waals surface area contributed by atoms with Crippen LogP contribution in [-0.4, -0.2) is 24.1 Å². The Bertz CT molecular complexity index is 429. The molecule has 0 aromatic rings. The van der Waals surface area contributed by atoms with E-state index in [0.29, 0.717) is 17.8 Å². The molecule has 5 nitrogen and oxygen atoms in total. The third kappa shape index (κ3) is 7.61. The third-order valence-electron chi connectivity index (χ3n) is 2.40. The predicted octanol–water partition coefficient (Wildman–Crippen LogP) is 2.89. The van der Waals surface area contributed by atoms with Crippen molar-refractivity contribution in [3.05, 3.63) is 22.9 Å². The van der Waals surface area contributed by atoms with Crippen LogP contribution in [0.4, 0.5) is 4.79 Å². The number of alkyl carbamates (subject to hydrolysis) is 1. The van der Waals surface area contributed by atoms with Crippen LogP contribution in [0.5, 0.6) is 0 Å². The highest BCUT2D eigenvalue weighted by molar-refractivity contribution is 5.93. The highest BCUT2D eigenvalue weighted by atomic mass is 16.6. The second-order valence-electron chi connectivity index (χ2n) is 5.62. The van der Waals surface area contributed by atoms with Gasteiger partial charge in [-0.25, -0.2) is 4.79 Å². The number of carbonyl (C=O) groups is 2. The Balaban J connectivity index is 4.76. The average molecular weight is 282 g/mol. The zero-order valence-corrected chi connectivity index (χ0v) is 13.5. The van der Waals surface area contributed by atoms with Crippen LogP contribution in [0.15, 0.2) is 22.9 Å². The molecule has 114 valence electrons. The van der Waals surface area contributed by atoms with Crippen LogP contribution in [0.1, 0.15) is 48.5 Å². The highest BCUT2D eigenvalue weighted by Gasteiger charge is 2.16. The topological polar surface area (TPSA) is 67.4 Å². The Morgan fingerprint density at radius 2 is 1.70 bits per heavy atom. The highest BCUT2D eigenvalue weighted by Crippen LogP contribution is 2.09. The van der Waals surface area contributed by atoms with Crippen molar-refractivity contribution in [1.29, 1.82) is 0 Å². The average Bonchev–Trinajstić information content (AvgIpc) is 2.24. The quantitative estimate of drug-likeness (QED) is 0.615. The molecule has 0 unspecified atom stereocenters. The van der Waals surface area contributed by atoms with Crippen LogP contribution in [0.2, 0.25) is 0 Å². The zero-order chi connectivity index (χ0) is 15.9. The molecule has 0 bridgehead atoms. The molecule has 0 saturated carbocycles. The molecule has 0 spiro atoms. The molecule has 5 heteroatoms. The van der Waals surface area contributed by atoms with Gasteiger partial charge in [-0.05, 0) is 60.1 Å². The summed E-state index contributed by atoms with van der Waals surface area (Å²) in [4.78, 5) is 23.3. The van der Waals surface area contributed by atoms with E-state index < -0.39 is 11.7 Å². The molecule has 0 aliphatic rings. The summed E-state index contributed by atoms with van der Waals surface area (Å²) in [5.41, 5.74) is 1.51. The van der Waals surface area contributed by atoms with Gasteiger partial charge in [-0.2, -0.15) is 0 Å². The van der Waals surface area contributed by atoms with Crippen LogP contribution >= 0.6 is 0 Å². The summed E-state index contributed by atoms with van der Waals surface area (Å²) in [5.74, 6) is -0.105. The van der Waals surface area contributed by atoms with E-state index in [9.17, 15) is 9.59 Å². The molecular weight excluding hydrogens is 256 g/mol. The van der Waals surface area contributed by atoms with Crippen LogP contribution in [-0.2, 0) is 9.53 Å². The lowest BCUT2D eigenvalue weighted by molar-refractivity contribution is -0.117. The number of nitrogens with one attached hydrogen (secondary N) is 2. The second-order valence-corrected chi connectivity index (χ2v) is 5.62. The molecule has 0 aliphatic heterocycles. The first-order chi connectivity index (χ1) is 9.06. The van der Waals surface area contributed by atoms with Crippen molar-refractivity contribution in [1.82, 2.24) is 10.6 Å². The lowest BCUT2D eigenvalue weighted by atomic mass is 10.1. The van der Waals surface area contributed by atoms with E-state index in [0.717, 1.165) is 5.57 Å². The van der Waals surface area contributed by atoms with Gasteiger partial charge < -0.3 is 10.1 Å². The van der Waals surface area contributed by atoms with E-state index in [1.807, 2.05) is 13.8 Å².